The summed E-state index contributed by atoms with van der Waals surface area (Å²) in [5.74, 6) is 3.48. The highest BCUT2D eigenvalue weighted by molar-refractivity contribution is 5.64. The highest BCUT2D eigenvalue weighted by atomic mass is 16.5. The Morgan fingerprint density at radius 2 is 0.442 bits per heavy atom. The summed E-state index contributed by atoms with van der Waals surface area (Å²) < 4.78 is 21.5. The van der Waals surface area contributed by atoms with Crippen molar-refractivity contribution >= 4 is 0 Å². The molecule has 0 amide bonds. The van der Waals surface area contributed by atoms with E-state index in [2.05, 4.69) is 107 Å². The minimum absolute atomic E-state index is 0.827. The predicted octanol–water partition coefficient (Wildman–Crippen LogP) is 9.79. The maximum atomic E-state index is 5.38. The molecule has 266 valence electrons. The van der Waals surface area contributed by atoms with Crippen molar-refractivity contribution in [3.8, 4) is 34.1 Å². The maximum Gasteiger partial charge on any atom is 0.118 e. The Labute approximate surface area is 308 Å². The lowest BCUT2D eigenvalue weighted by atomic mass is 10.0. The van der Waals surface area contributed by atoms with Gasteiger partial charge in [-0.1, -0.05) is 97.1 Å². The number of hydrogen-bond donors (Lipinski definition) is 0. The van der Waals surface area contributed by atoms with Crippen LogP contribution in [-0.4, -0.2) is 38.2 Å². The van der Waals surface area contributed by atoms with Crippen LogP contribution in [0.15, 0.2) is 146 Å². The van der Waals surface area contributed by atoms with E-state index in [4.69, 9.17) is 18.9 Å². The third-order valence-corrected chi connectivity index (χ3v) is 9.31. The molecule has 6 rings (SSSR count). The molecule has 0 aromatic heterocycles. The highest BCUT2D eigenvalue weighted by Gasteiger charge is 2.12. The van der Waals surface area contributed by atoms with E-state index in [0.717, 1.165) is 62.3 Å². The first-order valence-electron chi connectivity index (χ1n) is 17.6. The molecule has 0 aliphatic rings. The van der Waals surface area contributed by atoms with Crippen molar-refractivity contribution in [2.75, 3.05) is 28.4 Å². The summed E-state index contributed by atoms with van der Waals surface area (Å²) in [5, 5.41) is 0. The lowest BCUT2D eigenvalue weighted by Crippen LogP contribution is -2.22. The molecule has 0 atom stereocenters. The summed E-state index contributed by atoms with van der Waals surface area (Å²) in [6, 6.07) is 51.3. The molecule has 0 unspecified atom stereocenters. The number of benzene rings is 6. The lowest BCUT2D eigenvalue weighted by molar-refractivity contribution is 0.247. The largest absolute Gasteiger partial charge is 0.497 e. The van der Waals surface area contributed by atoms with Gasteiger partial charge in [0.15, 0.2) is 0 Å². The van der Waals surface area contributed by atoms with E-state index in [-0.39, 0.29) is 0 Å². The van der Waals surface area contributed by atoms with Crippen molar-refractivity contribution in [2.45, 2.75) is 39.3 Å². The average Bonchev–Trinajstić information content (AvgIpc) is 3.19. The van der Waals surface area contributed by atoms with Crippen LogP contribution in [0.4, 0.5) is 0 Å². The van der Waals surface area contributed by atoms with E-state index in [1.807, 2.05) is 48.5 Å². The first kappa shape index (κ1) is 36.2. The molecule has 0 fully saturated rings. The quantitative estimate of drug-likeness (QED) is 0.0949. The molecule has 6 heteroatoms. The molecule has 0 radical (unpaired) electrons. The fourth-order valence-corrected chi connectivity index (χ4v) is 6.41. The smallest absolute Gasteiger partial charge is 0.118 e. The second-order valence-electron chi connectivity index (χ2n) is 13.1. The molecule has 0 heterocycles. The van der Waals surface area contributed by atoms with Gasteiger partial charge in [-0.15, -0.1) is 0 Å². The Morgan fingerprint density at radius 3 is 0.615 bits per heavy atom. The van der Waals surface area contributed by atoms with Gasteiger partial charge in [-0.25, -0.2) is 0 Å². The van der Waals surface area contributed by atoms with Crippen molar-refractivity contribution in [1.29, 1.82) is 0 Å². The molecule has 0 saturated carbocycles. The second-order valence-corrected chi connectivity index (χ2v) is 13.1. The van der Waals surface area contributed by atoms with Gasteiger partial charge in [-0.3, -0.25) is 9.80 Å². The predicted molar refractivity (Wildman–Crippen MR) is 210 cm³/mol. The molecule has 0 spiro atoms. The van der Waals surface area contributed by atoms with Crippen molar-refractivity contribution in [3.63, 3.8) is 0 Å². The van der Waals surface area contributed by atoms with Gasteiger partial charge in [-0.2, -0.15) is 0 Å². The number of methoxy groups -OCH3 is 4. The molecule has 0 saturated heterocycles. The first-order chi connectivity index (χ1) is 25.5. The molecule has 0 aliphatic carbocycles. The normalized spacial score (nSPS) is 11.1. The molecule has 6 aromatic carbocycles. The summed E-state index contributed by atoms with van der Waals surface area (Å²) >= 11 is 0. The molecule has 0 N–H and O–H groups in total. The Bertz CT molecular complexity index is 1690. The van der Waals surface area contributed by atoms with Crippen LogP contribution < -0.4 is 18.9 Å². The topological polar surface area (TPSA) is 43.4 Å². The summed E-state index contributed by atoms with van der Waals surface area (Å²) in [6.07, 6.45) is 0. The number of ether oxygens (including phenoxy) is 4. The van der Waals surface area contributed by atoms with E-state index < -0.39 is 0 Å². The van der Waals surface area contributed by atoms with Crippen LogP contribution in [0.5, 0.6) is 23.0 Å². The first-order valence-corrected chi connectivity index (χ1v) is 17.6. The van der Waals surface area contributed by atoms with Crippen molar-refractivity contribution in [3.05, 3.63) is 179 Å². The van der Waals surface area contributed by atoms with Crippen LogP contribution in [-0.2, 0) is 39.3 Å². The molecular weight excluding hydrogens is 645 g/mol. The van der Waals surface area contributed by atoms with Crippen molar-refractivity contribution < 1.29 is 18.9 Å². The molecule has 0 bridgehead atoms. The molecule has 0 aliphatic heterocycles. The monoisotopic (exact) mass is 692 g/mol. The molecule has 6 aromatic rings. The summed E-state index contributed by atoms with van der Waals surface area (Å²) in [6.45, 7) is 4.96. The van der Waals surface area contributed by atoms with E-state index in [9.17, 15) is 0 Å². The minimum atomic E-state index is 0.827. The Hall–Kier alpha value is -5.56. The van der Waals surface area contributed by atoms with Crippen molar-refractivity contribution in [1.82, 2.24) is 9.80 Å². The standard InChI is InChI=1S/C46H48N2O4/c1-49-43-21-9-37(10-22-43)31-47(32-38-11-23-44(50-2)24-12-38)29-35-5-17-41(18-6-35)42-19-7-36(8-20-42)30-48(33-39-13-25-45(51-3)26-14-39)34-40-15-27-46(52-4)28-16-40/h5-28H,29-34H2,1-4H3. The van der Waals surface area contributed by atoms with Crippen LogP contribution in [0, 0.1) is 0 Å². The molecule has 52 heavy (non-hydrogen) atoms. The van der Waals surface area contributed by atoms with E-state index in [1.54, 1.807) is 28.4 Å². The van der Waals surface area contributed by atoms with Gasteiger partial charge in [0.1, 0.15) is 23.0 Å². The van der Waals surface area contributed by atoms with Crippen LogP contribution in [0.3, 0.4) is 0 Å². The van der Waals surface area contributed by atoms with E-state index in [0.29, 0.717) is 0 Å². The highest BCUT2D eigenvalue weighted by Crippen LogP contribution is 2.25. The van der Waals surface area contributed by atoms with Crippen LogP contribution in [0.25, 0.3) is 11.1 Å². The van der Waals surface area contributed by atoms with Gasteiger partial charge in [-0.05, 0) is 93.0 Å². The maximum absolute atomic E-state index is 5.38. The van der Waals surface area contributed by atoms with E-state index >= 15 is 0 Å². The van der Waals surface area contributed by atoms with Gasteiger partial charge < -0.3 is 18.9 Å². The van der Waals surface area contributed by atoms with E-state index in [1.165, 1.54) is 44.5 Å². The van der Waals surface area contributed by atoms with Crippen LogP contribution >= 0.6 is 0 Å². The fourth-order valence-electron chi connectivity index (χ4n) is 6.41. The zero-order valence-corrected chi connectivity index (χ0v) is 30.6. The number of nitrogens with zero attached hydrogens (tertiary/aromatic N) is 2. The third-order valence-electron chi connectivity index (χ3n) is 9.31. The SMILES string of the molecule is COc1ccc(CN(Cc2ccc(OC)cc2)Cc2ccc(-c3ccc(CN(Cc4ccc(OC)cc4)Cc4ccc(OC)cc4)cc3)cc2)cc1. The Kier molecular flexibility index (Phi) is 12.6. The summed E-state index contributed by atoms with van der Waals surface area (Å²) in [5.41, 5.74) is 9.96. The van der Waals surface area contributed by atoms with Gasteiger partial charge >= 0.3 is 0 Å². The average molecular weight is 693 g/mol. The van der Waals surface area contributed by atoms with Crippen molar-refractivity contribution in [2.24, 2.45) is 0 Å². The fraction of sp³-hybridized carbons (Fsp3) is 0.217. The summed E-state index contributed by atoms with van der Waals surface area (Å²) in [7, 11) is 6.81. The molecular formula is C46H48N2O4. The summed E-state index contributed by atoms with van der Waals surface area (Å²) in [4.78, 5) is 4.94. The third kappa shape index (κ3) is 10.3. The van der Waals surface area contributed by atoms with Crippen LogP contribution in [0.1, 0.15) is 33.4 Å². The minimum Gasteiger partial charge on any atom is -0.497 e. The second kappa shape index (κ2) is 18.1. The van der Waals surface area contributed by atoms with Gasteiger partial charge in [0.25, 0.3) is 0 Å². The zero-order valence-electron chi connectivity index (χ0n) is 30.6. The zero-order chi connectivity index (χ0) is 36.1. The van der Waals surface area contributed by atoms with Gasteiger partial charge in [0.05, 0.1) is 28.4 Å². The number of rotatable bonds is 17. The Balaban J connectivity index is 1.13. The lowest BCUT2D eigenvalue weighted by Gasteiger charge is -2.23. The van der Waals surface area contributed by atoms with Gasteiger partial charge in [0, 0.05) is 39.3 Å². The Morgan fingerprint density at radius 1 is 0.269 bits per heavy atom. The molecule has 6 nitrogen and oxygen atoms in total. The van der Waals surface area contributed by atoms with Gasteiger partial charge in [0.2, 0.25) is 0 Å². The number of hydrogen-bond acceptors (Lipinski definition) is 6. The van der Waals surface area contributed by atoms with Crippen LogP contribution in [0.2, 0.25) is 0 Å².